The summed E-state index contributed by atoms with van der Waals surface area (Å²) in [6, 6.07) is 2.66. The molecule has 3 aromatic heterocycles. The Morgan fingerprint density at radius 2 is 1.86 bits per heavy atom. The second kappa shape index (κ2) is 9.05. The van der Waals surface area contributed by atoms with Crippen LogP contribution in [0.5, 0.6) is 11.5 Å². The summed E-state index contributed by atoms with van der Waals surface area (Å²) in [6.07, 6.45) is 2.58. The van der Waals surface area contributed by atoms with E-state index in [4.69, 9.17) is 9.47 Å². The molecule has 3 heterocycles. The lowest BCUT2D eigenvalue weighted by atomic mass is 10.1. The van der Waals surface area contributed by atoms with Crippen LogP contribution in [0.3, 0.4) is 0 Å². The Kier molecular flexibility index (Phi) is 5.87. The van der Waals surface area contributed by atoms with Crippen LogP contribution < -0.4 is 20.7 Å². The number of nitrogens with zero attached hydrogens (tertiary/aromatic N) is 3. The third-order valence-corrected chi connectivity index (χ3v) is 6.41. The minimum Gasteiger partial charge on any atom is -0.493 e. The van der Waals surface area contributed by atoms with E-state index in [0.29, 0.717) is 4.57 Å². The van der Waals surface area contributed by atoms with Gasteiger partial charge in [0.25, 0.3) is 5.56 Å². The van der Waals surface area contributed by atoms with Crippen molar-refractivity contribution in [3.63, 3.8) is 0 Å². The number of fused-ring (bicyclic) bond motifs is 2. The minimum atomic E-state index is -1.40. The third-order valence-electron chi connectivity index (χ3n) is 5.44. The van der Waals surface area contributed by atoms with Crippen LogP contribution in [0.2, 0.25) is 0 Å². The van der Waals surface area contributed by atoms with E-state index >= 15 is 4.39 Å². The van der Waals surface area contributed by atoms with Gasteiger partial charge in [-0.05, 0) is 0 Å². The van der Waals surface area contributed by atoms with Gasteiger partial charge in [-0.25, -0.2) is 27.3 Å². The zero-order valence-corrected chi connectivity index (χ0v) is 19.4. The van der Waals surface area contributed by atoms with E-state index in [-0.39, 0.29) is 43.9 Å². The van der Waals surface area contributed by atoms with Gasteiger partial charge in [0, 0.05) is 36.0 Å². The molecule has 0 unspecified atom stereocenters. The largest absolute Gasteiger partial charge is 0.493 e. The smallest absolute Gasteiger partial charge is 0.346 e. The molecular weight excluding hydrogens is 517 g/mol. The van der Waals surface area contributed by atoms with Gasteiger partial charge < -0.3 is 19.6 Å². The topological polar surface area (TPSA) is 136 Å². The molecule has 14 heteroatoms. The third kappa shape index (κ3) is 3.96. The molecule has 188 valence electrons. The number of halogens is 3. The first-order valence-electron chi connectivity index (χ1n) is 10.3. The summed E-state index contributed by atoms with van der Waals surface area (Å²) in [5, 5.41) is 10.3. The highest BCUT2D eigenvalue weighted by Gasteiger charge is 2.23. The summed E-state index contributed by atoms with van der Waals surface area (Å²) < 4.78 is 54.9. The predicted octanol–water partition coefficient (Wildman–Crippen LogP) is 3.39. The number of hydrogen-bond donors (Lipinski definition) is 2. The lowest BCUT2D eigenvalue weighted by molar-refractivity contribution is 0.0704. The van der Waals surface area contributed by atoms with Crippen molar-refractivity contribution in [2.45, 2.75) is 6.61 Å². The van der Waals surface area contributed by atoms with Gasteiger partial charge in [0.15, 0.2) is 29.0 Å². The van der Waals surface area contributed by atoms with E-state index in [9.17, 15) is 28.3 Å². The molecule has 0 spiro atoms. The molecule has 0 fully saturated rings. The van der Waals surface area contributed by atoms with E-state index in [0.717, 1.165) is 29.5 Å². The van der Waals surface area contributed by atoms with Crippen molar-refractivity contribution in [1.29, 1.82) is 0 Å². The molecule has 2 aromatic carbocycles. The number of aromatic nitrogens is 4. The van der Waals surface area contributed by atoms with E-state index in [2.05, 4.69) is 15.0 Å². The maximum absolute atomic E-state index is 15.0. The molecular formula is C23H13F3N4O6S. The molecule has 0 bridgehead atoms. The molecule has 0 saturated carbocycles. The van der Waals surface area contributed by atoms with Crippen LogP contribution in [0.1, 0.15) is 15.2 Å². The monoisotopic (exact) mass is 530 g/mol. The number of carboxylic acids is 1. The lowest BCUT2D eigenvalue weighted by Gasteiger charge is -2.15. The maximum atomic E-state index is 15.0. The van der Waals surface area contributed by atoms with E-state index in [1.807, 2.05) is 0 Å². The predicted molar refractivity (Wildman–Crippen MR) is 125 cm³/mol. The lowest BCUT2D eigenvalue weighted by Crippen LogP contribution is -2.34. The Balaban J connectivity index is 1.64. The molecule has 10 nitrogen and oxygen atoms in total. The van der Waals surface area contributed by atoms with E-state index in [1.54, 1.807) is 0 Å². The molecule has 5 aromatic rings. The summed E-state index contributed by atoms with van der Waals surface area (Å²) >= 11 is 0.722. The van der Waals surface area contributed by atoms with Crippen LogP contribution in [0.25, 0.3) is 27.6 Å². The average Bonchev–Trinajstić information content (AvgIpc) is 3.30. The zero-order chi connectivity index (χ0) is 26.4. The fourth-order valence-electron chi connectivity index (χ4n) is 3.78. The van der Waals surface area contributed by atoms with Gasteiger partial charge in [-0.2, -0.15) is 0 Å². The Morgan fingerprint density at radius 3 is 2.59 bits per heavy atom. The molecule has 0 saturated heterocycles. The van der Waals surface area contributed by atoms with Crippen molar-refractivity contribution in [1.82, 2.24) is 19.5 Å². The highest BCUT2D eigenvalue weighted by Crippen LogP contribution is 2.33. The number of carbonyl (C=O) groups is 1. The first-order chi connectivity index (χ1) is 17.7. The number of methoxy groups -OCH3 is 1. The first kappa shape index (κ1) is 24.0. The quantitative estimate of drug-likeness (QED) is 0.341. The highest BCUT2D eigenvalue weighted by molar-refractivity contribution is 7.13. The number of rotatable bonds is 6. The molecule has 37 heavy (non-hydrogen) atoms. The van der Waals surface area contributed by atoms with Gasteiger partial charge in [0.05, 0.1) is 40.3 Å². The second-order valence-electron chi connectivity index (χ2n) is 7.55. The summed E-state index contributed by atoms with van der Waals surface area (Å²) in [6.45, 7) is -0.599. The fraction of sp³-hybridized carbons (Fsp3) is 0.0870. The van der Waals surface area contributed by atoms with Gasteiger partial charge in [-0.1, -0.05) is 0 Å². The van der Waals surface area contributed by atoms with Crippen molar-refractivity contribution in [3.8, 4) is 17.2 Å². The minimum absolute atomic E-state index is 0.0198. The normalized spacial score (nSPS) is 11.2. The zero-order valence-electron chi connectivity index (χ0n) is 18.5. The van der Waals surface area contributed by atoms with Crippen LogP contribution in [-0.2, 0) is 6.61 Å². The SMILES string of the molecule is COc1cc(F)c(-n2c(=O)[nH]c3csc(C(=O)O)c3c2=O)cc1OCc1c(F)c(F)cc2nccnc12. The number of carboxylic acid groups (broad SMARTS) is 1. The Labute approximate surface area is 207 Å². The second-order valence-corrected chi connectivity index (χ2v) is 8.43. The van der Waals surface area contributed by atoms with Crippen LogP contribution in [-0.4, -0.2) is 37.7 Å². The van der Waals surface area contributed by atoms with Crippen molar-refractivity contribution in [2.24, 2.45) is 0 Å². The number of benzene rings is 2. The number of nitrogens with one attached hydrogen (secondary N) is 1. The van der Waals surface area contributed by atoms with Crippen LogP contribution >= 0.6 is 11.3 Å². The van der Waals surface area contributed by atoms with Crippen molar-refractivity contribution < 1.29 is 32.5 Å². The summed E-state index contributed by atoms with van der Waals surface area (Å²) in [4.78, 5) is 47.3. The summed E-state index contributed by atoms with van der Waals surface area (Å²) in [5.41, 5.74) is -2.91. The van der Waals surface area contributed by atoms with Crippen molar-refractivity contribution >= 4 is 39.2 Å². The Hall–Kier alpha value is -4.72. The Morgan fingerprint density at radius 1 is 1.11 bits per heavy atom. The number of hydrogen-bond acceptors (Lipinski definition) is 8. The molecule has 2 N–H and O–H groups in total. The van der Waals surface area contributed by atoms with Gasteiger partial charge in [-0.15, -0.1) is 11.3 Å². The highest BCUT2D eigenvalue weighted by atomic mass is 32.1. The molecule has 0 aliphatic heterocycles. The van der Waals surface area contributed by atoms with Crippen molar-refractivity contribution in [3.05, 3.63) is 84.7 Å². The number of H-pyrrole nitrogens is 1. The van der Waals surface area contributed by atoms with Gasteiger partial charge >= 0.3 is 11.7 Å². The summed E-state index contributed by atoms with van der Waals surface area (Å²) in [7, 11) is 1.19. The molecule has 5 rings (SSSR count). The molecule has 0 aliphatic carbocycles. The first-order valence-corrected chi connectivity index (χ1v) is 11.2. The standard InChI is InChI=1S/C23H13F3N4O6S/c1-35-15-5-10(24)14(30-21(31)17-13(29-23(30)34)8-37-20(17)22(32)33)6-16(15)36-7-9-18(26)11(25)4-12-19(9)28-3-2-27-12/h2-6,8H,7H2,1H3,(H,29,34)(H,32,33). The summed E-state index contributed by atoms with van der Waals surface area (Å²) in [5.74, 6) is -5.30. The molecule has 0 atom stereocenters. The van der Waals surface area contributed by atoms with Gasteiger partial charge in [-0.3, -0.25) is 14.8 Å². The van der Waals surface area contributed by atoms with Gasteiger partial charge in [0.1, 0.15) is 11.5 Å². The molecule has 0 aliphatic rings. The number of thiophene rings is 1. The molecule has 0 radical (unpaired) electrons. The van der Waals surface area contributed by atoms with Crippen molar-refractivity contribution in [2.75, 3.05) is 7.11 Å². The number of ether oxygens (including phenoxy) is 2. The van der Waals surface area contributed by atoms with Gasteiger partial charge in [0.2, 0.25) is 0 Å². The average molecular weight is 530 g/mol. The number of aromatic amines is 1. The fourth-order valence-corrected chi connectivity index (χ4v) is 4.61. The Bertz CT molecular complexity index is 1850. The van der Waals surface area contributed by atoms with Crippen LogP contribution in [0.15, 0.2) is 45.6 Å². The number of aromatic carboxylic acids is 1. The van der Waals surface area contributed by atoms with Crippen LogP contribution in [0, 0.1) is 17.5 Å². The molecule has 0 amide bonds. The van der Waals surface area contributed by atoms with Crippen LogP contribution in [0.4, 0.5) is 13.2 Å². The van der Waals surface area contributed by atoms with E-state index in [1.165, 1.54) is 24.9 Å². The van der Waals surface area contributed by atoms with E-state index < -0.39 is 47.0 Å². The maximum Gasteiger partial charge on any atom is 0.346 e.